The lowest BCUT2D eigenvalue weighted by molar-refractivity contribution is -0.167. The van der Waals surface area contributed by atoms with Gasteiger partial charge in [0.1, 0.15) is 13.2 Å². The van der Waals surface area contributed by atoms with Crippen molar-refractivity contribution in [2.45, 2.75) is 239 Å². The van der Waals surface area contributed by atoms with Crippen LogP contribution in [0.25, 0.3) is 0 Å². The first kappa shape index (κ1) is 60.3. The van der Waals surface area contributed by atoms with Crippen LogP contribution in [0.3, 0.4) is 0 Å². The van der Waals surface area contributed by atoms with Gasteiger partial charge in [-0.2, -0.15) is 0 Å². The second kappa shape index (κ2) is 52.0. The number of rotatable bonds is 46. The van der Waals surface area contributed by atoms with Gasteiger partial charge in [0, 0.05) is 19.3 Å². The molecule has 6 nitrogen and oxygen atoms in total. The molecule has 0 N–H and O–H groups in total. The van der Waals surface area contributed by atoms with E-state index in [4.69, 9.17) is 14.2 Å². The molecule has 0 spiro atoms. The van der Waals surface area contributed by atoms with E-state index in [0.29, 0.717) is 19.3 Å². The fraction of sp³-hybridized carbons (Fsp3) is 0.672. The molecule has 0 aliphatic rings. The highest BCUT2D eigenvalue weighted by atomic mass is 16.6. The third-order valence-electron chi connectivity index (χ3n) is 10.9. The first-order chi connectivity index (χ1) is 31.5. The normalized spacial score (nSPS) is 12.9. The number of ether oxygens (including phenoxy) is 3. The molecule has 0 saturated carbocycles. The predicted octanol–water partition coefficient (Wildman–Crippen LogP) is 17.4. The Hall–Kier alpha value is -3.67. The Morgan fingerprint density at radius 1 is 0.328 bits per heavy atom. The molecule has 0 amide bonds. The average molecular weight is 889 g/mol. The first-order valence-electron chi connectivity index (χ1n) is 26.3. The van der Waals surface area contributed by atoms with Crippen LogP contribution in [0, 0.1) is 0 Å². The number of carbonyl (C=O) groups excluding carboxylic acids is 3. The van der Waals surface area contributed by atoms with Gasteiger partial charge in [0.25, 0.3) is 0 Å². The van der Waals surface area contributed by atoms with Gasteiger partial charge in [0.2, 0.25) is 0 Å². The van der Waals surface area contributed by atoms with Crippen molar-refractivity contribution < 1.29 is 28.6 Å². The molecule has 1 atom stereocenters. The molecular weight excluding hydrogens is 793 g/mol. The largest absolute Gasteiger partial charge is 0.462 e. The number of hydrogen-bond acceptors (Lipinski definition) is 6. The zero-order valence-corrected chi connectivity index (χ0v) is 41.5. The van der Waals surface area contributed by atoms with Crippen LogP contribution in [0.5, 0.6) is 0 Å². The van der Waals surface area contributed by atoms with Crippen molar-refractivity contribution in [2.75, 3.05) is 13.2 Å². The molecule has 1 unspecified atom stereocenters. The van der Waals surface area contributed by atoms with Crippen molar-refractivity contribution in [1.29, 1.82) is 0 Å². The van der Waals surface area contributed by atoms with Crippen LogP contribution in [0.15, 0.2) is 97.2 Å². The fourth-order valence-electron chi connectivity index (χ4n) is 6.98. The Morgan fingerprint density at radius 3 is 1.03 bits per heavy atom. The molecule has 64 heavy (non-hydrogen) atoms. The van der Waals surface area contributed by atoms with E-state index in [1.54, 1.807) is 0 Å². The van der Waals surface area contributed by atoms with E-state index in [0.717, 1.165) is 109 Å². The molecule has 0 fully saturated rings. The van der Waals surface area contributed by atoms with Gasteiger partial charge in [0.05, 0.1) is 0 Å². The van der Waals surface area contributed by atoms with E-state index in [-0.39, 0.29) is 31.1 Å². The minimum absolute atomic E-state index is 0.0988. The summed E-state index contributed by atoms with van der Waals surface area (Å²) in [5, 5.41) is 0. The van der Waals surface area contributed by atoms with Gasteiger partial charge in [0.15, 0.2) is 6.10 Å². The second-order valence-corrected chi connectivity index (χ2v) is 17.2. The molecular formula is C58H96O6. The highest BCUT2D eigenvalue weighted by Crippen LogP contribution is 2.14. The smallest absolute Gasteiger partial charge is 0.306 e. The Labute approximate surface area is 394 Å². The van der Waals surface area contributed by atoms with Crippen LogP contribution >= 0.6 is 0 Å². The standard InChI is InChI=1S/C58H96O6/c1-4-7-10-13-16-19-22-25-27-28-29-31-33-36-39-42-45-48-51-57(60)63-54-55(53-62-56(59)50-47-44-41-38-35-32-24-21-18-15-12-9-6-3)64-58(61)52-49-46-43-40-37-34-30-26-23-20-17-14-11-8-5-2/h9,12,15-16,18-25,27-29,31,55H,4-8,10-11,13-14,17,26,30,32-54H2,1-3H3/b12-9+,18-15+,19-16+,23-20+,24-21+,25-22+,28-27+,31-29+. The fourth-order valence-corrected chi connectivity index (χ4v) is 6.98. The summed E-state index contributed by atoms with van der Waals surface area (Å²) < 4.78 is 16.8. The molecule has 0 radical (unpaired) electrons. The molecule has 0 heterocycles. The van der Waals surface area contributed by atoms with Gasteiger partial charge in [-0.15, -0.1) is 0 Å². The maximum absolute atomic E-state index is 12.8. The van der Waals surface area contributed by atoms with Crippen molar-refractivity contribution in [3.63, 3.8) is 0 Å². The van der Waals surface area contributed by atoms with Crippen molar-refractivity contribution in [2.24, 2.45) is 0 Å². The average Bonchev–Trinajstić information content (AvgIpc) is 3.29. The summed E-state index contributed by atoms with van der Waals surface area (Å²) >= 11 is 0. The maximum Gasteiger partial charge on any atom is 0.306 e. The lowest BCUT2D eigenvalue weighted by Gasteiger charge is -2.18. The van der Waals surface area contributed by atoms with Crippen LogP contribution < -0.4 is 0 Å². The van der Waals surface area contributed by atoms with Crippen LogP contribution in [0.1, 0.15) is 233 Å². The maximum atomic E-state index is 12.8. The molecule has 0 aromatic heterocycles. The Bertz CT molecular complexity index is 1300. The Morgan fingerprint density at radius 2 is 0.625 bits per heavy atom. The molecule has 0 saturated heterocycles. The molecule has 0 rings (SSSR count). The third kappa shape index (κ3) is 49.3. The number of allylic oxidation sites excluding steroid dienone is 16. The topological polar surface area (TPSA) is 78.9 Å². The summed E-state index contributed by atoms with van der Waals surface area (Å²) in [6.07, 6.45) is 68.1. The van der Waals surface area contributed by atoms with Crippen molar-refractivity contribution in [3.05, 3.63) is 97.2 Å². The molecule has 364 valence electrons. The number of carbonyl (C=O) groups is 3. The molecule has 0 aromatic carbocycles. The lowest BCUT2D eigenvalue weighted by Crippen LogP contribution is -2.30. The summed E-state index contributed by atoms with van der Waals surface area (Å²) in [6, 6.07) is 0. The lowest BCUT2D eigenvalue weighted by atomic mass is 10.1. The predicted molar refractivity (Wildman–Crippen MR) is 274 cm³/mol. The molecule has 0 aromatic rings. The second-order valence-electron chi connectivity index (χ2n) is 17.2. The van der Waals surface area contributed by atoms with E-state index in [1.807, 2.05) is 0 Å². The van der Waals surface area contributed by atoms with E-state index in [2.05, 4.69) is 118 Å². The summed E-state index contributed by atoms with van der Waals surface area (Å²) in [5.41, 5.74) is 0. The van der Waals surface area contributed by atoms with Crippen LogP contribution in [-0.2, 0) is 28.6 Å². The van der Waals surface area contributed by atoms with Crippen molar-refractivity contribution in [1.82, 2.24) is 0 Å². The minimum atomic E-state index is -0.799. The minimum Gasteiger partial charge on any atom is -0.462 e. The van der Waals surface area contributed by atoms with Gasteiger partial charge >= 0.3 is 17.9 Å². The van der Waals surface area contributed by atoms with E-state index in [9.17, 15) is 14.4 Å². The van der Waals surface area contributed by atoms with E-state index < -0.39 is 6.10 Å². The van der Waals surface area contributed by atoms with Crippen molar-refractivity contribution >= 4 is 17.9 Å². The zero-order chi connectivity index (χ0) is 46.5. The van der Waals surface area contributed by atoms with Crippen LogP contribution in [-0.4, -0.2) is 37.2 Å². The number of esters is 3. The first-order valence-corrected chi connectivity index (χ1v) is 26.3. The zero-order valence-electron chi connectivity index (χ0n) is 41.5. The molecule has 0 aliphatic carbocycles. The summed E-state index contributed by atoms with van der Waals surface area (Å²) in [4.78, 5) is 38.0. The van der Waals surface area contributed by atoms with Gasteiger partial charge in [-0.05, 0) is 89.9 Å². The van der Waals surface area contributed by atoms with Gasteiger partial charge in [-0.1, -0.05) is 221 Å². The quantitative estimate of drug-likeness (QED) is 0.0199. The highest BCUT2D eigenvalue weighted by Gasteiger charge is 2.19. The molecule has 0 bridgehead atoms. The van der Waals surface area contributed by atoms with Gasteiger partial charge in [-0.3, -0.25) is 14.4 Å². The summed E-state index contributed by atoms with van der Waals surface area (Å²) in [6.45, 7) is 6.41. The van der Waals surface area contributed by atoms with Gasteiger partial charge in [-0.25, -0.2) is 0 Å². The van der Waals surface area contributed by atoms with Crippen LogP contribution in [0.4, 0.5) is 0 Å². The highest BCUT2D eigenvalue weighted by molar-refractivity contribution is 5.71. The number of hydrogen-bond donors (Lipinski definition) is 0. The van der Waals surface area contributed by atoms with Crippen molar-refractivity contribution in [3.8, 4) is 0 Å². The SMILES string of the molecule is CC/C=C/C=C/C=C/CCCCCCCC(=O)OCC(COC(=O)CCCCCCC/C=C/C=C/C=C/C=C/CCCCC)OC(=O)CCCCCCCCC/C=C/CCCCCC. The Balaban J connectivity index is 4.47. The van der Waals surface area contributed by atoms with E-state index in [1.165, 1.54) is 83.5 Å². The molecule has 6 heteroatoms. The van der Waals surface area contributed by atoms with E-state index >= 15 is 0 Å². The summed E-state index contributed by atoms with van der Waals surface area (Å²) in [5.74, 6) is -0.947. The summed E-state index contributed by atoms with van der Waals surface area (Å²) in [7, 11) is 0. The van der Waals surface area contributed by atoms with Gasteiger partial charge < -0.3 is 14.2 Å². The number of unbranched alkanes of at least 4 members (excludes halogenated alkanes) is 24. The molecule has 0 aliphatic heterocycles. The van der Waals surface area contributed by atoms with Crippen LogP contribution in [0.2, 0.25) is 0 Å². The Kier molecular flexibility index (Phi) is 49.0. The monoisotopic (exact) mass is 889 g/mol. The third-order valence-corrected chi connectivity index (χ3v) is 10.9.